The van der Waals surface area contributed by atoms with Crippen molar-refractivity contribution in [1.29, 1.82) is 0 Å². The van der Waals surface area contributed by atoms with Crippen LogP contribution >= 0.6 is 0 Å². The smallest absolute Gasteiger partial charge is 0.241 e. The van der Waals surface area contributed by atoms with Gasteiger partial charge in [0.25, 0.3) is 0 Å². The Bertz CT molecular complexity index is 1040. The highest BCUT2D eigenvalue weighted by atomic mass is 32.2. The number of nitrogens with one attached hydrogen (secondary N) is 1. The second kappa shape index (κ2) is 8.44. The van der Waals surface area contributed by atoms with Gasteiger partial charge in [-0.1, -0.05) is 18.2 Å². The fourth-order valence-electron chi connectivity index (χ4n) is 3.58. The maximum absolute atomic E-state index is 13.1. The Morgan fingerprint density at radius 3 is 2.52 bits per heavy atom. The second-order valence-electron chi connectivity index (χ2n) is 7.11. The number of benzene rings is 1. The van der Waals surface area contributed by atoms with Crippen molar-refractivity contribution in [1.82, 2.24) is 14.7 Å². The standard InChI is InChI=1S/C21H23N3O4S/c1-15-23-20(14-28-15)16-4-6-19(7-5-16)29(25,26)24-21(17-8-11-27-12-9-17)18-3-2-10-22-13-18/h2-7,10,13-14,17,21,24H,8-9,11-12H2,1H3/t21-/m0/s1. The van der Waals surface area contributed by atoms with Gasteiger partial charge in [0.15, 0.2) is 5.89 Å². The van der Waals surface area contributed by atoms with Gasteiger partial charge in [-0.25, -0.2) is 18.1 Å². The van der Waals surface area contributed by atoms with Crippen LogP contribution in [0.2, 0.25) is 0 Å². The molecule has 4 rings (SSSR count). The van der Waals surface area contributed by atoms with Crippen molar-refractivity contribution in [3.63, 3.8) is 0 Å². The molecule has 1 atom stereocenters. The number of ether oxygens (including phenoxy) is 1. The Kier molecular flexibility index (Phi) is 5.75. The molecule has 1 saturated heterocycles. The van der Waals surface area contributed by atoms with Gasteiger partial charge in [-0.05, 0) is 42.5 Å². The average Bonchev–Trinajstić information content (AvgIpc) is 3.20. The summed E-state index contributed by atoms with van der Waals surface area (Å²) in [5.74, 6) is 0.717. The third kappa shape index (κ3) is 4.55. The lowest BCUT2D eigenvalue weighted by Crippen LogP contribution is -2.36. The SMILES string of the molecule is Cc1nc(-c2ccc(S(=O)(=O)N[C@H](c3cccnc3)C3CCOCC3)cc2)co1. The first-order chi connectivity index (χ1) is 14.0. The summed E-state index contributed by atoms with van der Waals surface area (Å²) in [6.45, 7) is 3.03. The Hall–Kier alpha value is -2.55. The van der Waals surface area contributed by atoms with Gasteiger partial charge in [-0.15, -0.1) is 0 Å². The van der Waals surface area contributed by atoms with Crippen molar-refractivity contribution in [2.75, 3.05) is 13.2 Å². The largest absolute Gasteiger partial charge is 0.449 e. The molecule has 0 saturated carbocycles. The van der Waals surface area contributed by atoms with Crippen molar-refractivity contribution in [2.24, 2.45) is 5.92 Å². The second-order valence-corrected chi connectivity index (χ2v) is 8.83. The zero-order valence-corrected chi connectivity index (χ0v) is 16.9. The normalized spacial score (nSPS) is 16.6. The van der Waals surface area contributed by atoms with Crippen LogP contribution in [0.3, 0.4) is 0 Å². The maximum atomic E-state index is 13.1. The molecule has 1 N–H and O–H groups in total. The number of aryl methyl sites for hydroxylation is 1. The Morgan fingerprint density at radius 1 is 1.14 bits per heavy atom. The van der Waals surface area contributed by atoms with E-state index in [0.717, 1.165) is 24.0 Å². The third-order valence-corrected chi connectivity index (χ3v) is 6.60. The molecule has 152 valence electrons. The molecule has 1 fully saturated rings. The molecule has 0 radical (unpaired) electrons. The lowest BCUT2D eigenvalue weighted by atomic mass is 9.88. The van der Waals surface area contributed by atoms with E-state index in [-0.39, 0.29) is 16.9 Å². The molecule has 3 aromatic rings. The molecule has 0 bridgehead atoms. The van der Waals surface area contributed by atoms with E-state index in [2.05, 4.69) is 14.7 Å². The topological polar surface area (TPSA) is 94.3 Å². The molecule has 3 heterocycles. The van der Waals surface area contributed by atoms with Crippen LogP contribution in [0, 0.1) is 12.8 Å². The summed E-state index contributed by atoms with van der Waals surface area (Å²) in [5.41, 5.74) is 2.33. The number of oxazole rings is 1. The van der Waals surface area contributed by atoms with E-state index < -0.39 is 10.0 Å². The Morgan fingerprint density at radius 2 is 1.90 bits per heavy atom. The van der Waals surface area contributed by atoms with Crippen LogP contribution in [0.25, 0.3) is 11.3 Å². The first kappa shape index (κ1) is 19.8. The minimum Gasteiger partial charge on any atom is -0.449 e. The highest BCUT2D eigenvalue weighted by molar-refractivity contribution is 7.89. The van der Waals surface area contributed by atoms with Crippen molar-refractivity contribution < 1.29 is 17.6 Å². The zero-order chi connectivity index (χ0) is 20.3. The lowest BCUT2D eigenvalue weighted by Gasteiger charge is -2.31. The van der Waals surface area contributed by atoms with Crippen LogP contribution in [-0.4, -0.2) is 31.6 Å². The number of nitrogens with zero attached hydrogens (tertiary/aromatic N) is 2. The van der Waals surface area contributed by atoms with Gasteiger partial charge in [0.2, 0.25) is 10.0 Å². The van der Waals surface area contributed by atoms with Gasteiger partial charge in [-0.2, -0.15) is 0 Å². The molecular weight excluding hydrogens is 390 g/mol. The number of hydrogen-bond donors (Lipinski definition) is 1. The van der Waals surface area contributed by atoms with Gasteiger partial charge in [0.1, 0.15) is 12.0 Å². The summed E-state index contributed by atoms with van der Waals surface area (Å²) in [5, 5.41) is 0. The molecule has 1 aliphatic heterocycles. The number of hydrogen-bond acceptors (Lipinski definition) is 6. The van der Waals surface area contributed by atoms with Gasteiger partial charge in [0.05, 0.1) is 10.9 Å². The molecule has 7 nitrogen and oxygen atoms in total. The van der Waals surface area contributed by atoms with Crippen LogP contribution in [0.15, 0.2) is 64.4 Å². The molecule has 29 heavy (non-hydrogen) atoms. The van der Waals surface area contributed by atoms with Crippen LogP contribution in [0.4, 0.5) is 0 Å². The van der Waals surface area contributed by atoms with Crippen LogP contribution in [-0.2, 0) is 14.8 Å². The summed E-state index contributed by atoms with van der Waals surface area (Å²) >= 11 is 0. The zero-order valence-electron chi connectivity index (χ0n) is 16.1. The summed E-state index contributed by atoms with van der Waals surface area (Å²) in [6.07, 6.45) is 6.56. The van der Waals surface area contributed by atoms with E-state index in [1.807, 2.05) is 12.1 Å². The number of rotatable bonds is 6. The number of sulfonamides is 1. The van der Waals surface area contributed by atoms with Crippen LogP contribution in [0.5, 0.6) is 0 Å². The average molecular weight is 413 g/mol. The van der Waals surface area contributed by atoms with E-state index in [1.165, 1.54) is 0 Å². The first-order valence-corrected chi connectivity index (χ1v) is 11.0. The molecule has 8 heteroatoms. The van der Waals surface area contributed by atoms with Crippen LogP contribution in [0.1, 0.15) is 30.3 Å². The molecule has 0 unspecified atom stereocenters. The Labute approximate surface area is 170 Å². The molecule has 1 aliphatic rings. The molecular formula is C21H23N3O4S. The van der Waals surface area contributed by atoms with Crippen molar-refractivity contribution in [2.45, 2.75) is 30.7 Å². The van der Waals surface area contributed by atoms with Crippen molar-refractivity contribution in [3.8, 4) is 11.3 Å². The summed E-state index contributed by atoms with van der Waals surface area (Å²) < 4.78 is 39.8. The van der Waals surface area contributed by atoms with E-state index >= 15 is 0 Å². The minimum atomic E-state index is -3.71. The molecule has 2 aromatic heterocycles. The highest BCUT2D eigenvalue weighted by Crippen LogP contribution is 2.31. The van der Waals surface area contributed by atoms with Crippen molar-refractivity contribution in [3.05, 3.63) is 66.5 Å². The van der Waals surface area contributed by atoms with E-state index in [9.17, 15) is 8.42 Å². The fraction of sp³-hybridized carbons (Fsp3) is 0.333. The quantitative estimate of drug-likeness (QED) is 0.665. The third-order valence-electron chi connectivity index (χ3n) is 5.14. The van der Waals surface area contributed by atoms with Crippen molar-refractivity contribution >= 4 is 10.0 Å². The van der Waals surface area contributed by atoms with Gasteiger partial charge < -0.3 is 9.15 Å². The molecule has 0 aliphatic carbocycles. The first-order valence-electron chi connectivity index (χ1n) is 9.55. The van der Waals surface area contributed by atoms with Crippen LogP contribution < -0.4 is 4.72 Å². The number of pyridine rings is 1. The predicted molar refractivity (Wildman–Crippen MR) is 108 cm³/mol. The van der Waals surface area contributed by atoms with Gasteiger partial charge in [0, 0.05) is 38.1 Å². The summed E-state index contributed by atoms with van der Waals surface area (Å²) in [6, 6.07) is 10.0. The molecule has 1 aromatic carbocycles. The lowest BCUT2D eigenvalue weighted by molar-refractivity contribution is 0.0564. The van der Waals surface area contributed by atoms with E-state index in [0.29, 0.717) is 24.8 Å². The van der Waals surface area contributed by atoms with Gasteiger partial charge >= 0.3 is 0 Å². The fourth-order valence-corrected chi connectivity index (χ4v) is 4.87. The maximum Gasteiger partial charge on any atom is 0.241 e. The van der Waals surface area contributed by atoms with Gasteiger partial charge in [-0.3, -0.25) is 4.98 Å². The van der Waals surface area contributed by atoms with E-state index in [1.54, 1.807) is 49.8 Å². The summed E-state index contributed by atoms with van der Waals surface area (Å²) in [7, 11) is -3.71. The molecule has 0 amide bonds. The summed E-state index contributed by atoms with van der Waals surface area (Å²) in [4.78, 5) is 8.65. The monoisotopic (exact) mass is 413 g/mol. The predicted octanol–water partition coefficient (Wildman–Crippen LogP) is 3.49. The Balaban J connectivity index is 1.59. The molecule has 0 spiro atoms. The number of aromatic nitrogens is 2. The minimum absolute atomic E-state index is 0.153. The highest BCUT2D eigenvalue weighted by Gasteiger charge is 2.30. The van der Waals surface area contributed by atoms with E-state index in [4.69, 9.17) is 9.15 Å².